The number of alkyl halides is 2. The minimum atomic E-state index is -2.59. The van der Waals surface area contributed by atoms with Gasteiger partial charge in [0.15, 0.2) is 0 Å². The molecular weight excluding hydrogens is 480 g/mol. The Morgan fingerprint density at radius 2 is 1.92 bits per heavy atom. The second kappa shape index (κ2) is 8.38. The summed E-state index contributed by atoms with van der Waals surface area (Å²) in [6, 6.07) is 7.89. The van der Waals surface area contributed by atoms with E-state index < -0.39 is 12.1 Å². The number of benzene rings is 1. The molecule has 6 rings (SSSR count). The summed E-state index contributed by atoms with van der Waals surface area (Å²) >= 11 is 6.07. The lowest BCUT2D eigenvalue weighted by Crippen LogP contribution is -2.40. The molecule has 0 amide bonds. The molecule has 1 atom stereocenters. The number of fused-ring (bicyclic) bond motifs is 3. The summed E-state index contributed by atoms with van der Waals surface area (Å²) < 4.78 is 28.1. The first-order chi connectivity index (χ1) is 17.2. The molecule has 4 aliphatic rings. The van der Waals surface area contributed by atoms with Gasteiger partial charge in [0.2, 0.25) is 5.92 Å². The van der Waals surface area contributed by atoms with E-state index in [0.29, 0.717) is 29.6 Å². The minimum Gasteiger partial charge on any atom is -0.364 e. The molecule has 2 aliphatic heterocycles. The fourth-order valence-corrected chi connectivity index (χ4v) is 6.13. The third-order valence-electron chi connectivity index (χ3n) is 8.28. The van der Waals surface area contributed by atoms with Crippen LogP contribution in [0.15, 0.2) is 42.4 Å². The number of hydrogen-bond donors (Lipinski definition) is 2. The van der Waals surface area contributed by atoms with Gasteiger partial charge in [0.1, 0.15) is 17.2 Å². The monoisotopic (exact) mass is 509 g/mol. The predicted octanol–water partition coefficient (Wildman–Crippen LogP) is 7.24. The van der Waals surface area contributed by atoms with Crippen molar-refractivity contribution in [2.75, 3.05) is 11.9 Å². The Morgan fingerprint density at radius 1 is 1.17 bits per heavy atom. The van der Waals surface area contributed by atoms with Crippen LogP contribution in [0.1, 0.15) is 79.4 Å². The summed E-state index contributed by atoms with van der Waals surface area (Å²) in [5, 5.41) is 3.75. The molecule has 5 nitrogen and oxygen atoms in total. The van der Waals surface area contributed by atoms with Crippen molar-refractivity contribution in [1.82, 2.24) is 9.88 Å². The third-order valence-corrected chi connectivity index (χ3v) is 8.49. The highest BCUT2D eigenvalue weighted by atomic mass is 35.5. The van der Waals surface area contributed by atoms with E-state index in [-0.39, 0.29) is 18.3 Å². The topological polar surface area (TPSA) is 66.5 Å². The summed E-state index contributed by atoms with van der Waals surface area (Å²) in [5.41, 5.74) is 12.6. The van der Waals surface area contributed by atoms with Gasteiger partial charge in [0.05, 0.1) is 17.1 Å². The molecule has 1 unspecified atom stereocenters. The van der Waals surface area contributed by atoms with Gasteiger partial charge >= 0.3 is 0 Å². The fraction of sp³-hybridized carbons (Fsp3) is 0.429. The number of nitrogens with two attached hydrogens (primary N) is 1. The zero-order valence-electron chi connectivity index (χ0n) is 20.2. The first-order valence-corrected chi connectivity index (χ1v) is 13.0. The Balaban J connectivity index is 1.43. The maximum atomic E-state index is 14.1. The van der Waals surface area contributed by atoms with Crippen LogP contribution in [0.4, 0.5) is 20.2 Å². The summed E-state index contributed by atoms with van der Waals surface area (Å²) in [6.07, 6.45) is 4.89. The molecule has 2 saturated carbocycles. The average molecular weight is 510 g/mol. The molecule has 1 spiro atoms. The molecule has 36 heavy (non-hydrogen) atoms. The molecule has 8 heteroatoms. The summed E-state index contributed by atoms with van der Waals surface area (Å²) in [7, 11) is 0. The van der Waals surface area contributed by atoms with Crippen LogP contribution in [0.3, 0.4) is 0 Å². The van der Waals surface area contributed by atoms with E-state index in [4.69, 9.17) is 22.3 Å². The first-order valence-electron chi connectivity index (χ1n) is 12.6. The van der Waals surface area contributed by atoms with Gasteiger partial charge in [-0.1, -0.05) is 24.8 Å². The number of nitrogens with one attached hydrogen (secondary N) is 1. The Morgan fingerprint density at radius 3 is 2.61 bits per heavy atom. The van der Waals surface area contributed by atoms with Gasteiger partial charge in [-0.05, 0) is 73.9 Å². The highest BCUT2D eigenvalue weighted by Gasteiger charge is 2.52. The van der Waals surface area contributed by atoms with Gasteiger partial charge in [-0.25, -0.2) is 18.8 Å². The van der Waals surface area contributed by atoms with Gasteiger partial charge in [-0.2, -0.15) is 0 Å². The SMILES string of the molecule is C=Cc1nc(Cl)ccc1NC(N)c1cc(C2CC2)cc2c1N=C1N(CCC13CCC(F)(F)CC3)C2=C. The molecule has 3 heterocycles. The molecular formula is C28H30ClF2N5. The van der Waals surface area contributed by atoms with Crippen LogP contribution in [0.5, 0.6) is 0 Å². The Hall–Kier alpha value is -2.77. The van der Waals surface area contributed by atoms with Crippen molar-refractivity contribution in [3.8, 4) is 0 Å². The predicted molar refractivity (Wildman–Crippen MR) is 142 cm³/mol. The molecule has 0 radical (unpaired) electrons. The molecule has 1 saturated heterocycles. The highest BCUT2D eigenvalue weighted by Crippen LogP contribution is 2.55. The largest absolute Gasteiger partial charge is 0.364 e. The Kier molecular flexibility index (Phi) is 5.50. The first kappa shape index (κ1) is 23.6. The van der Waals surface area contributed by atoms with Crippen molar-refractivity contribution in [1.29, 1.82) is 0 Å². The standard InChI is InChI=1S/C28H30ClF2N5/c1-3-21-22(6-7-23(29)33-21)34-25(32)20-15-18(17-4-5-17)14-19-16(2)36-13-12-27(26(36)35-24(19)20)8-10-28(30,31)11-9-27/h3,6-7,14-15,17,25,34H,1-2,4-5,8-13,32H2. The van der Waals surface area contributed by atoms with E-state index in [0.717, 1.165) is 59.8 Å². The van der Waals surface area contributed by atoms with Crippen LogP contribution in [-0.2, 0) is 0 Å². The van der Waals surface area contributed by atoms with Crippen LogP contribution in [0.2, 0.25) is 5.15 Å². The van der Waals surface area contributed by atoms with Crippen molar-refractivity contribution in [2.45, 2.75) is 63.0 Å². The van der Waals surface area contributed by atoms with Crippen LogP contribution in [-0.4, -0.2) is 28.2 Å². The van der Waals surface area contributed by atoms with Crippen LogP contribution < -0.4 is 11.1 Å². The lowest BCUT2D eigenvalue weighted by Gasteiger charge is -2.40. The fourth-order valence-electron chi connectivity index (χ4n) is 5.98. The van der Waals surface area contributed by atoms with Crippen LogP contribution in [0, 0.1) is 5.41 Å². The summed E-state index contributed by atoms with van der Waals surface area (Å²) in [5.74, 6) is -1.19. The van der Waals surface area contributed by atoms with E-state index in [1.807, 2.05) is 6.07 Å². The number of rotatable bonds is 5. The van der Waals surface area contributed by atoms with E-state index in [9.17, 15) is 8.78 Å². The van der Waals surface area contributed by atoms with Crippen molar-refractivity contribution >= 4 is 40.6 Å². The van der Waals surface area contributed by atoms with Crippen LogP contribution >= 0.6 is 11.6 Å². The zero-order valence-corrected chi connectivity index (χ0v) is 20.9. The van der Waals surface area contributed by atoms with Crippen molar-refractivity contribution in [2.24, 2.45) is 16.1 Å². The van der Waals surface area contributed by atoms with Crippen molar-refractivity contribution in [3.63, 3.8) is 0 Å². The number of aromatic nitrogens is 1. The number of hydrogen-bond acceptors (Lipinski definition) is 5. The molecule has 3 N–H and O–H groups in total. The minimum absolute atomic E-state index is 0.0956. The molecule has 1 aromatic heterocycles. The number of nitrogens with zero attached hydrogens (tertiary/aromatic N) is 3. The normalized spacial score (nSPS) is 22.6. The Bertz CT molecular complexity index is 1290. The van der Waals surface area contributed by atoms with Gasteiger partial charge in [0, 0.05) is 41.6 Å². The van der Waals surface area contributed by atoms with Crippen molar-refractivity contribution < 1.29 is 8.78 Å². The highest BCUT2D eigenvalue weighted by molar-refractivity contribution is 6.29. The number of pyridine rings is 1. The number of halogens is 3. The molecule has 188 valence electrons. The maximum Gasteiger partial charge on any atom is 0.248 e. The summed E-state index contributed by atoms with van der Waals surface area (Å²) in [4.78, 5) is 11.7. The molecule has 0 bridgehead atoms. The second-order valence-electron chi connectivity index (χ2n) is 10.6. The zero-order chi connectivity index (χ0) is 25.2. The van der Waals surface area contributed by atoms with E-state index >= 15 is 0 Å². The lowest BCUT2D eigenvalue weighted by molar-refractivity contribution is -0.0537. The maximum absolute atomic E-state index is 14.1. The average Bonchev–Trinajstić information content (AvgIpc) is 3.65. The van der Waals surface area contributed by atoms with Gasteiger partial charge in [-0.3, -0.25) is 0 Å². The summed E-state index contributed by atoms with van der Waals surface area (Å²) in [6.45, 7) is 9.04. The van der Waals surface area contributed by atoms with Gasteiger partial charge in [-0.15, -0.1) is 0 Å². The van der Waals surface area contributed by atoms with Gasteiger partial charge in [0.25, 0.3) is 0 Å². The molecule has 2 aromatic rings. The molecule has 3 fully saturated rings. The second-order valence-corrected chi connectivity index (χ2v) is 11.0. The van der Waals surface area contributed by atoms with E-state index in [2.05, 4.69) is 40.5 Å². The molecule has 1 aromatic carbocycles. The Labute approximate surface area is 215 Å². The van der Waals surface area contributed by atoms with Crippen molar-refractivity contribution in [3.05, 3.63) is 65.0 Å². The quantitative estimate of drug-likeness (QED) is 0.329. The van der Waals surface area contributed by atoms with E-state index in [1.54, 1.807) is 12.1 Å². The third kappa shape index (κ3) is 3.93. The lowest BCUT2D eigenvalue weighted by atomic mass is 9.71. The van der Waals surface area contributed by atoms with E-state index in [1.165, 1.54) is 5.56 Å². The number of amidine groups is 1. The van der Waals surface area contributed by atoms with Gasteiger partial charge < -0.3 is 16.0 Å². The van der Waals surface area contributed by atoms with Crippen LogP contribution in [0.25, 0.3) is 11.8 Å². The number of anilines is 1. The number of aliphatic imine (C=N–C) groups is 1. The molecule has 2 aliphatic carbocycles. The smallest absolute Gasteiger partial charge is 0.248 e.